The number of rotatable bonds is 3. The van der Waals surface area contributed by atoms with Crippen LogP contribution in [-0.4, -0.2) is 11.7 Å². The van der Waals surface area contributed by atoms with Gasteiger partial charge in [0.15, 0.2) is 0 Å². The van der Waals surface area contributed by atoms with Crippen LogP contribution < -0.4 is 0 Å². The Morgan fingerprint density at radius 1 is 1.33 bits per heavy atom. The standard InChI is InChI=1S/C17H24O/c1-4-7-17(10-18)15-9-12(3)13-6-5-11(2)8-14(13)16(15)17/h5-6,8,12,15-16,18H,4,7,9-10H2,1-3H3/t12-,15-,16+,17+/m1/s1. The summed E-state index contributed by atoms with van der Waals surface area (Å²) in [7, 11) is 0. The first kappa shape index (κ1) is 12.2. The van der Waals surface area contributed by atoms with E-state index in [0.29, 0.717) is 18.4 Å². The van der Waals surface area contributed by atoms with Crippen molar-refractivity contribution in [2.45, 2.75) is 51.9 Å². The van der Waals surface area contributed by atoms with E-state index in [9.17, 15) is 5.11 Å². The van der Waals surface area contributed by atoms with Crippen molar-refractivity contribution in [3.8, 4) is 0 Å². The lowest BCUT2D eigenvalue weighted by molar-refractivity contribution is 0.183. The number of hydrogen-bond donors (Lipinski definition) is 1. The Morgan fingerprint density at radius 3 is 2.78 bits per heavy atom. The van der Waals surface area contributed by atoms with E-state index in [1.807, 2.05) is 0 Å². The highest BCUT2D eigenvalue weighted by Gasteiger charge is 2.65. The maximum atomic E-state index is 9.90. The molecule has 2 aliphatic rings. The molecule has 0 radical (unpaired) electrons. The molecule has 1 N–H and O–H groups in total. The van der Waals surface area contributed by atoms with Crippen LogP contribution in [0.15, 0.2) is 18.2 Å². The molecule has 2 aliphatic carbocycles. The van der Waals surface area contributed by atoms with Crippen LogP contribution in [-0.2, 0) is 0 Å². The van der Waals surface area contributed by atoms with Crippen molar-refractivity contribution in [1.82, 2.24) is 0 Å². The molecule has 0 bridgehead atoms. The van der Waals surface area contributed by atoms with Gasteiger partial charge in [-0.3, -0.25) is 0 Å². The molecule has 3 rings (SSSR count). The molecule has 1 aromatic carbocycles. The van der Waals surface area contributed by atoms with Crippen molar-refractivity contribution in [2.24, 2.45) is 11.3 Å². The Hall–Kier alpha value is -0.820. The molecule has 98 valence electrons. The Labute approximate surface area is 110 Å². The Balaban J connectivity index is 2.03. The molecular formula is C17H24O. The third-order valence-electron chi connectivity index (χ3n) is 5.38. The SMILES string of the molecule is CCC[C@]1(CO)[C@@H]2C[C@@H](C)c3ccc(C)cc3[C@@H]21. The van der Waals surface area contributed by atoms with Crippen LogP contribution >= 0.6 is 0 Å². The van der Waals surface area contributed by atoms with E-state index in [-0.39, 0.29) is 5.41 Å². The zero-order valence-electron chi connectivity index (χ0n) is 11.7. The van der Waals surface area contributed by atoms with E-state index >= 15 is 0 Å². The molecule has 18 heavy (non-hydrogen) atoms. The molecule has 0 saturated heterocycles. The molecule has 1 saturated carbocycles. The molecule has 0 unspecified atom stereocenters. The van der Waals surface area contributed by atoms with E-state index in [2.05, 4.69) is 39.0 Å². The fraction of sp³-hybridized carbons (Fsp3) is 0.647. The second kappa shape index (κ2) is 4.09. The van der Waals surface area contributed by atoms with Crippen LogP contribution in [0.25, 0.3) is 0 Å². The van der Waals surface area contributed by atoms with Gasteiger partial charge in [-0.15, -0.1) is 0 Å². The molecule has 0 amide bonds. The third-order valence-corrected chi connectivity index (χ3v) is 5.38. The van der Waals surface area contributed by atoms with Crippen LogP contribution in [0.5, 0.6) is 0 Å². The number of aliphatic hydroxyl groups excluding tert-OH is 1. The van der Waals surface area contributed by atoms with Crippen molar-refractivity contribution in [2.75, 3.05) is 6.61 Å². The molecule has 0 spiro atoms. The lowest BCUT2D eigenvalue weighted by atomic mass is 9.83. The number of hydrogen-bond acceptors (Lipinski definition) is 1. The van der Waals surface area contributed by atoms with Gasteiger partial charge in [0.2, 0.25) is 0 Å². The summed E-state index contributed by atoms with van der Waals surface area (Å²) in [5, 5.41) is 9.90. The molecule has 0 heterocycles. The molecule has 0 aromatic heterocycles. The third kappa shape index (κ3) is 1.50. The van der Waals surface area contributed by atoms with Crippen LogP contribution in [0, 0.1) is 18.3 Å². The average Bonchev–Trinajstić information content (AvgIpc) is 2.98. The largest absolute Gasteiger partial charge is 0.396 e. The second-order valence-electron chi connectivity index (χ2n) is 6.49. The Morgan fingerprint density at radius 2 is 2.11 bits per heavy atom. The highest BCUT2D eigenvalue weighted by Crippen LogP contribution is 2.72. The molecule has 0 aliphatic heterocycles. The van der Waals surface area contributed by atoms with E-state index in [1.54, 1.807) is 5.56 Å². The minimum Gasteiger partial charge on any atom is -0.396 e. The van der Waals surface area contributed by atoms with Gasteiger partial charge in [0.25, 0.3) is 0 Å². The van der Waals surface area contributed by atoms with E-state index < -0.39 is 0 Å². The molecule has 1 aromatic rings. The van der Waals surface area contributed by atoms with Gasteiger partial charge in [0.05, 0.1) is 0 Å². The highest BCUT2D eigenvalue weighted by molar-refractivity contribution is 5.46. The van der Waals surface area contributed by atoms with Crippen LogP contribution in [0.1, 0.15) is 61.6 Å². The van der Waals surface area contributed by atoms with Crippen molar-refractivity contribution in [3.05, 3.63) is 34.9 Å². The van der Waals surface area contributed by atoms with Crippen molar-refractivity contribution >= 4 is 0 Å². The van der Waals surface area contributed by atoms with Crippen LogP contribution in [0.2, 0.25) is 0 Å². The highest BCUT2D eigenvalue weighted by atomic mass is 16.3. The zero-order chi connectivity index (χ0) is 12.9. The fourth-order valence-corrected chi connectivity index (χ4v) is 4.50. The lowest BCUT2D eigenvalue weighted by Crippen LogP contribution is -2.10. The normalized spacial score (nSPS) is 37.0. The van der Waals surface area contributed by atoms with E-state index in [1.165, 1.54) is 30.4 Å². The summed E-state index contributed by atoms with van der Waals surface area (Å²) in [6.45, 7) is 7.13. The number of benzene rings is 1. The maximum absolute atomic E-state index is 9.90. The Kier molecular flexibility index (Phi) is 2.78. The quantitative estimate of drug-likeness (QED) is 0.852. The first-order valence-corrected chi connectivity index (χ1v) is 7.35. The molecule has 1 nitrogen and oxygen atoms in total. The van der Waals surface area contributed by atoms with Gasteiger partial charge in [0, 0.05) is 12.0 Å². The molecule has 4 atom stereocenters. The summed E-state index contributed by atoms with van der Waals surface area (Å²) in [5.74, 6) is 2.02. The Bertz CT molecular complexity index is 465. The summed E-state index contributed by atoms with van der Waals surface area (Å²) >= 11 is 0. The minimum atomic E-state index is 0.210. The van der Waals surface area contributed by atoms with E-state index in [4.69, 9.17) is 0 Å². The number of aryl methyl sites for hydroxylation is 1. The first-order chi connectivity index (χ1) is 8.64. The van der Waals surface area contributed by atoms with Gasteiger partial charge in [-0.05, 0) is 48.6 Å². The van der Waals surface area contributed by atoms with Gasteiger partial charge in [-0.25, -0.2) is 0 Å². The fourth-order valence-electron chi connectivity index (χ4n) is 4.50. The summed E-state index contributed by atoms with van der Waals surface area (Å²) < 4.78 is 0. The smallest absolute Gasteiger partial charge is 0.0496 e. The van der Waals surface area contributed by atoms with Crippen molar-refractivity contribution < 1.29 is 5.11 Å². The van der Waals surface area contributed by atoms with E-state index in [0.717, 1.165) is 5.92 Å². The van der Waals surface area contributed by atoms with Gasteiger partial charge in [-0.1, -0.05) is 44.0 Å². The molecular weight excluding hydrogens is 220 g/mol. The van der Waals surface area contributed by atoms with Crippen molar-refractivity contribution in [1.29, 1.82) is 0 Å². The van der Waals surface area contributed by atoms with Gasteiger partial charge >= 0.3 is 0 Å². The van der Waals surface area contributed by atoms with Crippen LogP contribution in [0.4, 0.5) is 0 Å². The number of aliphatic hydroxyl groups is 1. The monoisotopic (exact) mass is 244 g/mol. The summed E-state index contributed by atoms with van der Waals surface area (Å²) in [4.78, 5) is 0. The minimum absolute atomic E-state index is 0.210. The maximum Gasteiger partial charge on any atom is 0.0496 e. The molecule has 1 heteroatoms. The van der Waals surface area contributed by atoms with Crippen LogP contribution in [0.3, 0.4) is 0 Å². The summed E-state index contributed by atoms with van der Waals surface area (Å²) in [6, 6.07) is 6.92. The lowest BCUT2D eigenvalue weighted by Gasteiger charge is -2.21. The van der Waals surface area contributed by atoms with Gasteiger partial charge in [-0.2, -0.15) is 0 Å². The summed E-state index contributed by atoms with van der Waals surface area (Å²) in [6.07, 6.45) is 3.63. The predicted octanol–water partition coefficient (Wildman–Crippen LogP) is 3.99. The average molecular weight is 244 g/mol. The number of fused-ring (bicyclic) bond motifs is 3. The van der Waals surface area contributed by atoms with Gasteiger partial charge < -0.3 is 5.11 Å². The molecule has 1 fully saturated rings. The topological polar surface area (TPSA) is 20.2 Å². The second-order valence-corrected chi connectivity index (χ2v) is 6.49. The van der Waals surface area contributed by atoms with Crippen molar-refractivity contribution in [3.63, 3.8) is 0 Å². The summed E-state index contributed by atoms with van der Waals surface area (Å²) in [5.41, 5.74) is 4.65. The first-order valence-electron chi connectivity index (χ1n) is 7.35. The van der Waals surface area contributed by atoms with Gasteiger partial charge in [0.1, 0.15) is 0 Å². The predicted molar refractivity (Wildman–Crippen MR) is 74.9 cm³/mol. The zero-order valence-corrected chi connectivity index (χ0v) is 11.7.